The third-order valence-electron chi connectivity index (χ3n) is 2.48. The fourth-order valence-corrected chi connectivity index (χ4v) is 1.54. The maximum atomic E-state index is 8.92. The van der Waals surface area contributed by atoms with Gasteiger partial charge in [0.2, 0.25) is 0 Å². The van der Waals surface area contributed by atoms with Crippen molar-refractivity contribution in [3.63, 3.8) is 0 Å². The van der Waals surface area contributed by atoms with Crippen LogP contribution in [0.15, 0.2) is 6.07 Å². The van der Waals surface area contributed by atoms with Gasteiger partial charge in [0.05, 0.1) is 6.61 Å². The number of hydrogen-bond acceptors (Lipinski definition) is 6. The number of aliphatic hydroxyl groups is 1. The molecule has 102 valence electrons. The van der Waals surface area contributed by atoms with Gasteiger partial charge in [-0.15, -0.1) is 0 Å². The smallest absolute Gasteiger partial charge is 0.134 e. The number of hydrogen-bond donors (Lipinski definition) is 2. The van der Waals surface area contributed by atoms with Crippen LogP contribution in [0.1, 0.15) is 12.2 Å². The summed E-state index contributed by atoms with van der Waals surface area (Å²) in [7, 11) is 3.59. The van der Waals surface area contributed by atoms with Crippen molar-refractivity contribution in [2.45, 2.75) is 13.3 Å². The van der Waals surface area contributed by atoms with Crippen LogP contribution in [-0.2, 0) is 4.74 Å². The van der Waals surface area contributed by atoms with Crippen molar-refractivity contribution >= 4 is 11.6 Å². The van der Waals surface area contributed by atoms with Gasteiger partial charge in [0.15, 0.2) is 0 Å². The maximum absolute atomic E-state index is 8.92. The van der Waals surface area contributed by atoms with Gasteiger partial charge < -0.3 is 20.1 Å². The SMILES string of the molecule is COCCCNc1cc(N(C)CCO)nc(C)n1. The van der Waals surface area contributed by atoms with Crippen LogP contribution in [0, 0.1) is 6.92 Å². The zero-order valence-corrected chi connectivity index (χ0v) is 11.3. The van der Waals surface area contributed by atoms with Gasteiger partial charge in [-0.1, -0.05) is 0 Å². The highest BCUT2D eigenvalue weighted by Gasteiger charge is 2.05. The molecule has 0 bridgehead atoms. The van der Waals surface area contributed by atoms with E-state index in [2.05, 4.69) is 15.3 Å². The standard InChI is InChI=1S/C12H22N4O2/c1-10-14-11(13-5-4-8-18-3)9-12(15-10)16(2)6-7-17/h9,17H,4-8H2,1-3H3,(H,13,14,15). The second-order valence-electron chi connectivity index (χ2n) is 4.08. The molecule has 0 radical (unpaired) electrons. The molecule has 0 aliphatic heterocycles. The lowest BCUT2D eigenvalue weighted by atomic mass is 10.4. The van der Waals surface area contributed by atoms with Crippen LogP contribution in [0.2, 0.25) is 0 Å². The normalized spacial score (nSPS) is 10.4. The Morgan fingerprint density at radius 1 is 1.44 bits per heavy atom. The molecule has 0 atom stereocenters. The maximum Gasteiger partial charge on any atom is 0.134 e. The molecule has 0 amide bonds. The summed E-state index contributed by atoms with van der Waals surface area (Å²) in [5.41, 5.74) is 0. The van der Waals surface area contributed by atoms with Crippen molar-refractivity contribution in [1.29, 1.82) is 0 Å². The van der Waals surface area contributed by atoms with E-state index in [1.165, 1.54) is 0 Å². The highest BCUT2D eigenvalue weighted by atomic mass is 16.5. The highest BCUT2D eigenvalue weighted by Crippen LogP contribution is 2.14. The van der Waals surface area contributed by atoms with Gasteiger partial charge in [0.25, 0.3) is 0 Å². The summed E-state index contributed by atoms with van der Waals surface area (Å²) < 4.78 is 4.99. The van der Waals surface area contributed by atoms with Crippen LogP contribution >= 0.6 is 0 Å². The molecule has 1 rings (SSSR count). The molecule has 0 aromatic carbocycles. The van der Waals surface area contributed by atoms with E-state index < -0.39 is 0 Å². The minimum Gasteiger partial charge on any atom is -0.395 e. The molecule has 1 aromatic heterocycles. The summed E-state index contributed by atoms with van der Waals surface area (Å²) >= 11 is 0. The van der Waals surface area contributed by atoms with Crippen molar-refractivity contribution in [2.24, 2.45) is 0 Å². The molecular weight excluding hydrogens is 232 g/mol. The molecule has 1 aromatic rings. The van der Waals surface area contributed by atoms with Crippen molar-refractivity contribution in [2.75, 3.05) is 50.7 Å². The topological polar surface area (TPSA) is 70.5 Å². The van der Waals surface area contributed by atoms with E-state index in [4.69, 9.17) is 9.84 Å². The number of nitrogens with zero attached hydrogens (tertiary/aromatic N) is 3. The number of aromatic nitrogens is 2. The fourth-order valence-electron chi connectivity index (χ4n) is 1.54. The Bertz CT molecular complexity index is 360. The first-order valence-corrected chi connectivity index (χ1v) is 6.08. The predicted octanol–water partition coefficient (Wildman–Crippen LogP) is 0.662. The highest BCUT2D eigenvalue weighted by molar-refractivity contribution is 5.48. The molecule has 0 aliphatic carbocycles. The van der Waals surface area contributed by atoms with Crippen LogP contribution in [0.4, 0.5) is 11.6 Å². The number of aliphatic hydroxyl groups excluding tert-OH is 1. The second kappa shape index (κ2) is 7.84. The van der Waals surface area contributed by atoms with E-state index in [1.807, 2.05) is 24.9 Å². The second-order valence-corrected chi connectivity index (χ2v) is 4.08. The molecule has 0 spiro atoms. The average Bonchev–Trinajstić information content (AvgIpc) is 2.34. The van der Waals surface area contributed by atoms with Gasteiger partial charge >= 0.3 is 0 Å². The number of nitrogens with one attached hydrogen (secondary N) is 1. The average molecular weight is 254 g/mol. The first kappa shape index (κ1) is 14.7. The lowest BCUT2D eigenvalue weighted by molar-refractivity contribution is 0.198. The van der Waals surface area contributed by atoms with Gasteiger partial charge in [-0.2, -0.15) is 0 Å². The summed E-state index contributed by atoms with van der Waals surface area (Å²) in [5, 5.41) is 12.2. The minimum absolute atomic E-state index is 0.107. The Morgan fingerprint density at radius 2 is 2.22 bits per heavy atom. The molecule has 1 heterocycles. The van der Waals surface area contributed by atoms with Gasteiger partial charge in [-0.3, -0.25) is 0 Å². The van der Waals surface area contributed by atoms with Crippen molar-refractivity contribution < 1.29 is 9.84 Å². The number of likely N-dealkylation sites (N-methyl/N-ethyl adjacent to an activating group) is 1. The van der Waals surface area contributed by atoms with Crippen LogP contribution in [0.25, 0.3) is 0 Å². The Hall–Kier alpha value is -1.40. The number of aryl methyl sites for hydroxylation is 1. The summed E-state index contributed by atoms with van der Waals surface area (Å²) in [5.74, 6) is 2.33. The molecule has 0 fully saturated rings. The predicted molar refractivity (Wildman–Crippen MR) is 72.1 cm³/mol. The van der Waals surface area contributed by atoms with E-state index in [-0.39, 0.29) is 6.61 Å². The molecule has 0 unspecified atom stereocenters. The van der Waals surface area contributed by atoms with E-state index in [1.54, 1.807) is 7.11 Å². The number of rotatable bonds is 8. The van der Waals surface area contributed by atoms with Crippen molar-refractivity contribution in [3.8, 4) is 0 Å². The summed E-state index contributed by atoms with van der Waals surface area (Å²) in [6, 6.07) is 1.88. The Labute approximate surface area is 108 Å². The van der Waals surface area contributed by atoms with E-state index in [9.17, 15) is 0 Å². The van der Waals surface area contributed by atoms with Crippen LogP contribution in [-0.4, -0.2) is 55.5 Å². The van der Waals surface area contributed by atoms with Crippen LogP contribution < -0.4 is 10.2 Å². The molecule has 0 aliphatic rings. The third-order valence-corrected chi connectivity index (χ3v) is 2.48. The van der Waals surface area contributed by atoms with Gasteiger partial charge in [0, 0.05) is 39.9 Å². The molecule has 18 heavy (non-hydrogen) atoms. The molecule has 0 saturated carbocycles. The van der Waals surface area contributed by atoms with Crippen LogP contribution in [0.3, 0.4) is 0 Å². The third kappa shape index (κ3) is 4.85. The Balaban J connectivity index is 2.62. The molecule has 6 heteroatoms. The van der Waals surface area contributed by atoms with E-state index >= 15 is 0 Å². The van der Waals surface area contributed by atoms with Crippen molar-refractivity contribution in [1.82, 2.24) is 9.97 Å². The van der Waals surface area contributed by atoms with Crippen LogP contribution in [0.5, 0.6) is 0 Å². The first-order valence-electron chi connectivity index (χ1n) is 6.08. The zero-order chi connectivity index (χ0) is 13.4. The number of methoxy groups -OCH3 is 1. The van der Waals surface area contributed by atoms with Gasteiger partial charge in [-0.05, 0) is 13.3 Å². The fraction of sp³-hybridized carbons (Fsp3) is 0.667. The molecular formula is C12H22N4O2. The quantitative estimate of drug-likeness (QED) is 0.664. The number of ether oxygens (including phenoxy) is 1. The van der Waals surface area contributed by atoms with Crippen molar-refractivity contribution in [3.05, 3.63) is 11.9 Å². The Kier molecular flexibility index (Phi) is 6.38. The Morgan fingerprint density at radius 3 is 2.89 bits per heavy atom. The van der Waals surface area contributed by atoms with E-state index in [0.29, 0.717) is 12.4 Å². The zero-order valence-electron chi connectivity index (χ0n) is 11.3. The molecule has 6 nitrogen and oxygen atoms in total. The minimum atomic E-state index is 0.107. The summed E-state index contributed by atoms with van der Waals surface area (Å²) in [6.45, 7) is 4.06. The van der Waals surface area contributed by atoms with E-state index in [0.717, 1.165) is 31.2 Å². The first-order chi connectivity index (χ1) is 8.67. The van der Waals surface area contributed by atoms with Gasteiger partial charge in [0.1, 0.15) is 17.5 Å². The summed E-state index contributed by atoms with van der Waals surface area (Å²) in [6.07, 6.45) is 0.932. The molecule has 0 saturated heterocycles. The largest absolute Gasteiger partial charge is 0.395 e. The summed E-state index contributed by atoms with van der Waals surface area (Å²) in [4.78, 5) is 10.6. The lowest BCUT2D eigenvalue weighted by Crippen LogP contribution is -2.23. The molecule has 2 N–H and O–H groups in total. The number of anilines is 2. The van der Waals surface area contributed by atoms with Gasteiger partial charge in [-0.25, -0.2) is 9.97 Å². The monoisotopic (exact) mass is 254 g/mol. The lowest BCUT2D eigenvalue weighted by Gasteiger charge is -2.18.